The van der Waals surface area contributed by atoms with E-state index in [-0.39, 0.29) is 6.03 Å². The molecule has 1 aromatic rings. The highest BCUT2D eigenvalue weighted by Gasteiger charge is 2.07. The molecule has 1 rings (SSSR count). The number of rotatable bonds is 8. The Bertz CT molecular complexity index is 398. The van der Waals surface area contributed by atoms with E-state index in [1.54, 1.807) is 14.1 Å². The summed E-state index contributed by atoms with van der Waals surface area (Å²) < 4.78 is 2.05. The predicted octanol–water partition coefficient (Wildman–Crippen LogP) is 1.60. The summed E-state index contributed by atoms with van der Waals surface area (Å²) in [6.45, 7) is 6.44. The fourth-order valence-corrected chi connectivity index (χ4v) is 1.97. The molecule has 0 atom stereocenters. The highest BCUT2D eigenvalue weighted by atomic mass is 16.2. The molecular formula is C14H27N5O. The van der Waals surface area contributed by atoms with E-state index in [1.165, 1.54) is 4.90 Å². The molecule has 0 saturated carbocycles. The van der Waals surface area contributed by atoms with E-state index in [0.29, 0.717) is 12.6 Å². The molecular weight excluding hydrogens is 254 g/mol. The van der Waals surface area contributed by atoms with Gasteiger partial charge < -0.3 is 15.5 Å². The Morgan fingerprint density at radius 3 is 2.65 bits per heavy atom. The van der Waals surface area contributed by atoms with Crippen molar-refractivity contribution in [2.75, 3.05) is 27.2 Å². The first-order valence-electron chi connectivity index (χ1n) is 7.28. The lowest BCUT2D eigenvalue weighted by molar-refractivity contribution is 0.217. The number of carbonyl (C=O) groups excluding carboxylic acids is 1. The van der Waals surface area contributed by atoms with Gasteiger partial charge in [0.15, 0.2) is 0 Å². The third kappa shape index (κ3) is 5.21. The maximum Gasteiger partial charge on any atom is 0.316 e. The van der Waals surface area contributed by atoms with Crippen LogP contribution in [0.1, 0.15) is 38.4 Å². The Labute approximate surface area is 121 Å². The second-order valence-electron chi connectivity index (χ2n) is 5.06. The molecule has 1 aromatic heterocycles. The lowest BCUT2D eigenvalue weighted by Crippen LogP contribution is -2.38. The van der Waals surface area contributed by atoms with Crippen LogP contribution >= 0.6 is 0 Å². The van der Waals surface area contributed by atoms with Gasteiger partial charge in [0.1, 0.15) is 0 Å². The molecule has 6 heteroatoms. The zero-order valence-electron chi connectivity index (χ0n) is 13.0. The number of hydrogen-bond acceptors (Lipinski definition) is 3. The Kier molecular flexibility index (Phi) is 7.08. The van der Waals surface area contributed by atoms with Crippen LogP contribution in [-0.2, 0) is 6.54 Å². The smallest absolute Gasteiger partial charge is 0.316 e. The van der Waals surface area contributed by atoms with Crippen LogP contribution in [0, 0.1) is 0 Å². The van der Waals surface area contributed by atoms with Gasteiger partial charge in [-0.05, 0) is 18.9 Å². The van der Waals surface area contributed by atoms with Crippen LogP contribution in [0.3, 0.4) is 0 Å². The first kappa shape index (κ1) is 16.5. The van der Waals surface area contributed by atoms with Crippen molar-refractivity contribution in [1.82, 2.24) is 25.3 Å². The molecule has 20 heavy (non-hydrogen) atoms. The molecule has 0 saturated heterocycles. The molecule has 0 aromatic carbocycles. The summed E-state index contributed by atoms with van der Waals surface area (Å²) in [5.41, 5.74) is 1.04. The molecule has 0 fully saturated rings. The number of nitrogens with one attached hydrogen (secondary N) is 2. The highest BCUT2D eigenvalue weighted by Crippen LogP contribution is 2.14. The van der Waals surface area contributed by atoms with Gasteiger partial charge in [-0.2, -0.15) is 5.10 Å². The average Bonchev–Trinajstić information content (AvgIpc) is 2.88. The fraction of sp³-hybridized carbons (Fsp3) is 0.714. The normalized spacial score (nSPS) is 10.8. The maximum absolute atomic E-state index is 11.3. The van der Waals surface area contributed by atoms with Crippen LogP contribution in [0.15, 0.2) is 12.3 Å². The number of hydrogen-bond donors (Lipinski definition) is 2. The number of urea groups is 1. The maximum atomic E-state index is 11.3. The molecule has 0 aliphatic rings. The Morgan fingerprint density at radius 2 is 2.05 bits per heavy atom. The van der Waals surface area contributed by atoms with Gasteiger partial charge in [0.05, 0.1) is 11.7 Å². The lowest BCUT2D eigenvalue weighted by atomic mass is 10.2. The minimum atomic E-state index is -0.0650. The van der Waals surface area contributed by atoms with Crippen molar-refractivity contribution < 1.29 is 4.79 Å². The van der Waals surface area contributed by atoms with Gasteiger partial charge in [-0.15, -0.1) is 0 Å². The second-order valence-corrected chi connectivity index (χ2v) is 5.06. The quantitative estimate of drug-likeness (QED) is 0.712. The SMILES string of the molecule is CCC(CC)n1ccc(CNCCNC(=O)N(C)C)n1. The molecule has 0 bridgehead atoms. The fourth-order valence-electron chi connectivity index (χ4n) is 1.97. The van der Waals surface area contributed by atoms with Crippen LogP contribution in [0.2, 0.25) is 0 Å². The second kappa shape index (κ2) is 8.58. The summed E-state index contributed by atoms with van der Waals surface area (Å²) in [6, 6.07) is 2.47. The lowest BCUT2D eigenvalue weighted by Gasteiger charge is -2.13. The van der Waals surface area contributed by atoms with Crippen molar-refractivity contribution in [3.05, 3.63) is 18.0 Å². The number of carbonyl (C=O) groups is 1. The largest absolute Gasteiger partial charge is 0.337 e. The van der Waals surface area contributed by atoms with Crippen LogP contribution in [-0.4, -0.2) is 47.9 Å². The average molecular weight is 281 g/mol. The van der Waals surface area contributed by atoms with Crippen LogP contribution < -0.4 is 10.6 Å². The van der Waals surface area contributed by atoms with E-state index in [4.69, 9.17) is 0 Å². The predicted molar refractivity (Wildman–Crippen MR) is 80.6 cm³/mol. The van der Waals surface area contributed by atoms with Crippen molar-refractivity contribution in [2.45, 2.75) is 39.3 Å². The summed E-state index contributed by atoms with van der Waals surface area (Å²) in [5.74, 6) is 0. The Hall–Kier alpha value is -1.56. The van der Waals surface area contributed by atoms with Crippen molar-refractivity contribution in [3.63, 3.8) is 0 Å². The third-order valence-electron chi connectivity index (χ3n) is 3.27. The minimum absolute atomic E-state index is 0.0650. The zero-order chi connectivity index (χ0) is 15.0. The molecule has 0 radical (unpaired) electrons. The van der Waals surface area contributed by atoms with Crippen molar-refractivity contribution in [3.8, 4) is 0 Å². The summed E-state index contributed by atoms with van der Waals surface area (Å²) in [4.78, 5) is 12.8. The van der Waals surface area contributed by atoms with Gasteiger partial charge in [0.2, 0.25) is 0 Å². The summed E-state index contributed by atoms with van der Waals surface area (Å²) in [7, 11) is 3.46. The first-order chi connectivity index (χ1) is 9.58. The zero-order valence-corrected chi connectivity index (χ0v) is 13.0. The number of amides is 2. The summed E-state index contributed by atoms with van der Waals surface area (Å²) in [6.07, 6.45) is 4.24. The van der Waals surface area contributed by atoms with E-state index < -0.39 is 0 Å². The van der Waals surface area contributed by atoms with Gasteiger partial charge in [-0.1, -0.05) is 13.8 Å². The van der Waals surface area contributed by atoms with Crippen LogP contribution in [0.4, 0.5) is 4.79 Å². The van der Waals surface area contributed by atoms with E-state index >= 15 is 0 Å². The minimum Gasteiger partial charge on any atom is -0.337 e. The molecule has 1 heterocycles. The molecule has 0 spiro atoms. The van der Waals surface area contributed by atoms with Crippen molar-refractivity contribution in [1.29, 1.82) is 0 Å². The Balaban J connectivity index is 2.24. The third-order valence-corrected chi connectivity index (χ3v) is 3.27. The van der Waals surface area contributed by atoms with E-state index in [1.807, 2.05) is 16.9 Å². The molecule has 114 valence electrons. The molecule has 0 unspecified atom stereocenters. The van der Waals surface area contributed by atoms with Gasteiger partial charge in [-0.3, -0.25) is 4.68 Å². The van der Waals surface area contributed by atoms with Gasteiger partial charge >= 0.3 is 6.03 Å². The highest BCUT2D eigenvalue weighted by molar-refractivity contribution is 5.73. The van der Waals surface area contributed by atoms with Crippen molar-refractivity contribution >= 4 is 6.03 Å². The van der Waals surface area contributed by atoms with Crippen LogP contribution in [0.25, 0.3) is 0 Å². The van der Waals surface area contributed by atoms with Crippen LogP contribution in [0.5, 0.6) is 0 Å². The first-order valence-corrected chi connectivity index (χ1v) is 7.28. The molecule has 2 N–H and O–H groups in total. The van der Waals surface area contributed by atoms with E-state index in [9.17, 15) is 4.79 Å². The van der Waals surface area contributed by atoms with E-state index in [0.717, 1.165) is 31.6 Å². The van der Waals surface area contributed by atoms with Gasteiger partial charge in [0, 0.05) is 39.9 Å². The number of nitrogens with zero attached hydrogens (tertiary/aromatic N) is 3. The molecule has 6 nitrogen and oxygen atoms in total. The summed E-state index contributed by atoms with van der Waals surface area (Å²) in [5, 5.41) is 10.7. The van der Waals surface area contributed by atoms with Gasteiger partial charge in [0.25, 0.3) is 0 Å². The Morgan fingerprint density at radius 1 is 1.35 bits per heavy atom. The molecule has 2 amide bonds. The molecule has 0 aliphatic heterocycles. The van der Waals surface area contributed by atoms with E-state index in [2.05, 4.69) is 29.6 Å². The monoisotopic (exact) mass is 281 g/mol. The van der Waals surface area contributed by atoms with Gasteiger partial charge in [-0.25, -0.2) is 4.79 Å². The molecule has 0 aliphatic carbocycles. The standard InChI is InChI=1S/C14H27N5O/c1-5-13(6-2)19-10-7-12(17-19)11-15-8-9-16-14(20)18(3)4/h7,10,13,15H,5-6,8-9,11H2,1-4H3,(H,16,20). The summed E-state index contributed by atoms with van der Waals surface area (Å²) >= 11 is 0. The van der Waals surface area contributed by atoms with Crippen molar-refractivity contribution in [2.24, 2.45) is 0 Å². The topological polar surface area (TPSA) is 62.2 Å². The number of aromatic nitrogens is 2.